The summed E-state index contributed by atoms with van der Waals surface area (Å²) < 4.78 is 5.66. The summed E-state index contributed by atoms with van der Waals surface area (Å²) in [7, 11) is 0. The topological polar surface area (TPSA) is 40.1 Å². The minimum absolute atomic E-state index is 0. The fourth-order valence-corrected chi connectivity index (χ4v) is 4.08. The number of guanidine groups is 1. The normalized spacial score (nSPS) is 22.2. The van der Waals surface area contributed by atoms with Crippen LogP contribution in [0, 0.1) is 12.3 Å². The van der Waals surface area contributed by atoms with Crippen LogP contribution in [0.1, 0.15) is 32.3 Å². The maximum absolute atomic E-state index is 5.66. The summed E-state index contributed by atoms with van der Waals surface area (Å²) in [5.74, 6) is 1.07. The molecule has 1 unspecified atom stereocenters. The molecule has 3 rings (SSSR count). The third-order valence-corrected chi connectivity index (χ3v) is 5.64. The summed E-state index contributed by atoms with van der Waals surface area (Å²) in [4.78, 5) is 9.77. The summed E-state index contributed by atoms with van der Waals surface area (Å²) in [5.41, 5.74) is 2.96. The quantitative estimate of drug-likeness (QED) is 0.380. The molecule has 2 heterocycles. The van der Waals surface area contributed by atoms with E-state index in [-0.39, 0.29) is 24.0 Å². The van der Waals surface area contributed by atoms with E-state index in [0.717, 1.165) is 58.4 Å². The van der Waals surface area contributed by atoms with Crippen LogP contribution in [0.5, 0.6) is 0 Å². The summed E-state index contributed by atoms with van der Waals surface area (Å²) in [6, 6.07) is 8.72. The Morgan fingerprint density at radius 3 is 2.85 bits per heavy atom. The van der Waals surface area contributed by atoms with Crippen LogP contribution in [0.4, 0.5) is 5.69 Å². The van der Waals surface area contributed by atoms with Crippen LogP contribution < -0.4 is 10.2 Å². The molecule has 5 nitrogen and oxygen atoms in total. The number of benzene rings is 1. The molecule has 0 saturated carbocycles. The van der Waals surface area contributed by atoms with Crippen LogP contribution in [-0.2, 0) is 4.74 Å². The number of ether oxygens (including phenoxy) is 1. The van der Waals surface area contributed by atoms with Crippen molar-refractivity contribution in [3.8, 4) is 0 Å². The van der Waals surface area contributed by atoms with Crippen molar-refractivity contribution in [1.29, 1.82) is 0 Å². The number of halogens is 1. The number of likely N-dealkylation sites (tertiary alicyclic amines) is 1. The van der Waals surface area contributed by atoms with E-state index in [1.165, 1.54) is 24.1 Å². The van der Waals surface area contributed by atoms with E-state index in [9.17, 15) is 0 Å². The lowest BCUT2D eigenvalue weighted by molar-refractivity contribution is 0.156. The van der Waals surface area contributed by atoms with E-state index in [0.29, 0.717) is 5.41 Å². The number of hydrogen-bond donors (Lipinski definition) is 1. The Balaban J connectivity index is 0.00000261. The van der Waals surface area contributed by atoms with Gasteiger partial charge in [-0.1, -0.05) is 12.1 Å². The zero-order chi connectivity index (χ0) is 18.4. The average Bonchev–Trinajstić information content (AvgIpc) is 3.28. The van der Waals surface area contributed by atoms with Gasteiger partial charge in [-0.2, -0.15) is 0 Å². The van der Waals surface area contributed by atoms with E-state index in [1.54, 1.807) is 0 Å². The highest BCUT2D eigenvalue weighted by Gasteiger charge is 2.42. The third kappa shape index (κ3) is 5.73. The number of rotatable bonds is 6. The highest BCUT2D eigenvalue weighted by molar-refractivity contribution is 14.0. The number of hydrogen-bond acceptors (Lipinski definition) is 3. The molecule has 2 fully saturated rings. The first-order chi connectivity index (χ1) is 12.7. The van der Waals surface area contributed by atoms with E-state index in [4.69, 9.17) is 9.73 Å². The van der Waals surface area contributed by atoms with Crippen molar-refractivity contribution < 1.29 is 4.74 Å². The number of likely N-dealkylation sites (N-methyl/N-ethyl adjacent to an activating group) is 1. The maximum Gasteiger partial charge on any atom is 0.193 e. The Morgan fingerprint density at radius 2 is 2.19 bits per heavy atom. The minimum atomic E-state index is 0. The second-order valence-corrected chi connectivity index (χ2v) is 7.63. The molecule has 1 N–H and O–H groups in total. The molecule has 0 bridgehead atoms. The summed E-state index contributed by atoms with van der Waals surface area (Å²) in [6.07, 6.45) is 2.42. The van der Waals surface area contributed by atoms with Gasteiger partial charge in [-0.05, 0) is 51.3 Å². The van der Waals surface area contributed by atoms with Crippen LogP contribution in [0.3, 0.4) is 0 Å². The minimum Gasteiger partial charge on any atom is -0.381 e. The van der Waals surface area contributed by atoms with Crippen molar-refractivity contribution >= 4 is 35.6 Å². The van der Waals surface area contributed by atoms with Crippen molar-refractivity contribution in [3.63, 3.8) is 0 Å². The molecule has 1 aromatic rings. The maximum atomic E-state index is 5.66. The third-order valence-electron chi connectivity index (χ3n) is 5.64. The lowest BCUT2D eigenvalue weighted by Gasteiger charge is -2.26. The van der Waals surface area contributed by atoms with Gasteiger partial charge in [-0.25, -0.2) is 0 Å². The van der Waals surface area contributed by atoms with Crippen LogP contribution in [0.15, 0.2) is 29.3 Å². The molecule has 152 valence electrons. The summed E-state index contributed by atoms with van der Waals surface area (Å²) >= 11 is 0. The monoisotopic (exact) mass is 486 g/mol. The Labute approximate surface area is 181 Å². The second kappa shape index (κ2) is 10.5. The van der Waals surface area contributed by atoms with Crippen molar-refractivity contribution in [1.82, 2.24) is 10.2 Å². The number of aliphatic imine (C=N–C) groups is 1. The largest absolute Gasteiger partial charge is 0.381 e. The summed E-state index contributed by atoms with van der Waals surface area (Å²) in [5, 5.41) is 3.49. The predicted molar refractivity (Wildman–Crippen MR) is 125 cm³/mol. The molecule has 2 aliphatic heterocycles. The molecule has 27 heavy (non-hydrogen) atoms. The SMILES string of the molecule is CCNC(=NCCN(CC)c1cccc(C)c1)N1CCC2(CCOC2)C1.I. The van der Waals surface area contributed by atoms with Gasteiger partial charge in [0.2, 0.25) is 0 Å². The zero-order valence-electron chi connectivity index (χ0n) is 17.0. The van der Waals surface area contributed by atoms with Crippen molar-refractivity contribution in [2.75, 3.05) is 57.4 Å². The van der Waals surface area contributed by atoms with E-state index in [2.05, 4.69) is 60.2 Å². The highest BCUT2D eigenvalue weighted by atomic mass is 127. The van der Waals surface area contributed by atoms with Crippen LogP contribution >= 0.6 is 24.0 Å². The summed E-state index contributed by atoms with van der Waals surface area (Å²) in [6.45, 7) is 14.2. The van der Waals surface area contributed by atoms with Gasteiger partial charge < -0.3 is 19.9 Å². The Kier molecular flexibility index (Phi) is 8.66. The molecule has 1 aromatic carbocycles. The van der Waals surface area contributed by atoms with E-state index < -0.39 is 0 Å². The van der Waals surface area contributed by atoms with Crippen LogP contribution in [0.25, 0.3) is 0 Å². The fourth-order valence-electron chi connectivity index (χ4n) is 4.08. The number of nitrogens with one attached hydrogen (secondary N) is 1. The molecular formula is C21H35IN4O. The molecular weight excluding hydrogens is 451 g/mol. The van der Waals surface area contributed by atoms with Gasteiger partial charge in [0.1, 0.15) is 0 Å². The zero-order valence-corrected chi connectivity index (χ0v) is 19.4. The molecule has 2 saturated heterocycles. The van der Waals surface area contributed by atoms with E-state index in [1.807, 2.05) is 0 Å². The first-order valence-corrected chi connectivity index (χ1v) is 10.1. The first-order valence-electron chi connectivity index (χ1n) is 10.1. The van der Waals surface area contributed by atoms with Gasteiger partial charge in [0.25, 0.3) is 0 Å². The Morgan fingerprint density at radius 1 is 1.33 bits per heavy atom. The van der Waals surface area contributed by atoms with Crippen molar-refractivity contribution in [3.05, 3.63) is 29.8 Å². The average molecular weight is 486 g/mol. The van der Waals surface area contributed by atoms with Gasteiger partial charge in [0.15, 0.2) is 5.96 Å². The molecule has 0 amide bonds. The molecule has 1 atom stereocenters. The van der Waals surface area contributed by atoms with E-state index >= 15 is 0 Å². The second-order valence-electron chi connectivity index (χ2n) is 7.63. The van der Waals surface area contributed by atoms with Crippen LogP contribution in [-0.4, -0.2) is 63.3 Å². The van der Waals surface area contributed by atoms with Gasteiger partial charge in [-0.3, -0.25) is 4.99 Å². The molecule has 6 heteroatoms. The standard InChI is InChI=1S/C21H34N4O.HI/c1-4-22-20(25-12-9-21(16-25)10-14-26-17-21)23-11-13-24(5-2)19-8-6-7-18(3)15-19;/h6-8,15H,4-5,9-14,16-17H2,1-3H3,(H,22,23);1H. The lowest BCUT2D eigenvalue weighted by Crippen LogP contribution is -2.42. The molecule has 0 radical (unpaired) electrons. The smallest absolute Gasteiger partial charge is 0.193 e. The molecule has 2 aliphatic rings. The van der Waals surface area contributed by atoms with Gasteiger partial charge >= 0.3 is 0 Å². The number of aryl methyl sites for hydroxylation is 1. The predicted octanol–water partition coefficient (Wildman–Crippen LogP) is 3.52. The molecule has 1 spiro atoms. The van der Waals surface area contributed by atoms with Gasteiger partial charge in [-0.15, -0.1) is 24.0 Å². The lowest BCUT2D eigenvalue weighted by atomic mass is 9.87. The van der Waals surface area contributed by atoms with Crippen LogP contribution in [0.2, 0.25) is 0 Å². The first kappa shape index (κ1) is 22.3. The fraction of sp³-hybridized carbons (Fsp3) is 0.667. The van der Waals surface area contributed by atoms with Crippen molar-refractivity contribution in [2.45, 2.75) is 33.6 Å². The van der Waals surface area contributed by atoms with Crippen molar-refractivity contribution in [2.24, 2.45) is 10.4 Å². The Hall–Kier alpha value is -1.02. The Bertz CT molecular complexity index is 616. The number of nitrogens with zero attached hydrogens (tertiary/aromatic N) is 3. The van der Waals surface area contributed by atoms with Gasteiger partial charge in [0.05, 0.1) is 13.2 Å². The number of anilines is 1. The molecule has 0 aromatic heterocycles. The van der Waals surface area contributed by atoms with Gasteiger partial charge in [0, 0.05) is 50.4 Å². The highest BCUT2D eigenvalue weighted by Crippen LogP contribution is 2.38. The molecule has 0 aliphatic carbocycles.